The zero-order valence-electron chi connectivity index (χ0n) is 10.1. The van der Waals surface area contributed by atoms with Gasteiger partial charge < -0.3 is 15.5 Å². The Labute approximate surface area is 95.9 Å². The number of carbonyl (C=O) groups is 2. The quantitative estimate of drug-likeness (QED) is 0.604. The van der Waals surface area contributed by atoms with Crippen LogP contribution in [0.3, 0.4) is 0 Å². The molecule has 5 nitrogen and oxygen atoms in total. The first-order valence-electron chi connectivity index (χ1n) is 5.47. The van der Waals surface area contributed by atoms with E-state index in [1.165, 1.54) is 13.8 Å². The van der Waals surface area contributed by atoms with Gasteiger partial charge in [-0.05, 0) is 20.3 Å². The van der Waals surface area contributed by atoms with Gasteiger partial charge in [0.15, 0.2) is 0 Å². The number of rotatable bonds is 7. The summed E-state index contributed by atoms with van der Waals surface area (Å²) < 4.78 is 0. The van der Waals surface area contributed by atoms with Gasteiger partial charge in [0.2, 0.25) is 5.91 Å². The Morgan fingerprint density at radius 1 is 1.38 bits per heavy atom. The average Bonchev–Trinajstić information content (AvgIpc) is 2.14. The van der Waals surface area contributed by atoms with Gasteiger partial charge in [0.25, 0.3) is 0 Å². The first-order valence-corrected chi connectivity index (χ1v) is 5.47. The third-order valence-corrected chi connectivity index (χ3v) is 2.34. The van der Waals surface area contributed by atoms with E-state index in [0.29, 0.717) is 6.42 Å². The van der Waals surface area contributed by atoms with Gasteiger partial charge in [-0.3, -0.25) is 9.59 Å². The van der Waals surface area contributed by atoms with Gasteiger partial charge in [0.1, 0.15) is 0 Å². The monoisotopic (exact) mass is 231 g/mol. The summed E-state index contributed by atoms with van der Waals surface area (Å²) in [6.45, 7) is 5.12. The zero-order chi connectivity index (χ0) is 12.8. The van der Waals surface area contributed by atoms with Crippen molar-refractivity contribution in [2.45, 2.75) is 46.1 Å². The molecule has 0 aliphatic rings. The van der Waals surface area contributed by atoms with Gasteiger partial charge in [0, 0.05) is 13.0 Å². The molecule has 0 rings (SSSR count). The van der Waals surface area contributed by atoms with Crippen molar-refractivity contribution in [3.05, 3.63) is 0 Å². The highest BCUT2D eigenvalue weighted by molar-refractivity contribution is 5.84. The van der Waals surface area contributed by atoms with Gasteiger partial charge in [-0.1, -0.05) is 13.3 Å². The summed E-state index contributed by atoms with van der Waals surface area (Å²) in [5.74, 6) is -1.35. The fourth-order valence-corrected chi connectivity index (χ4v) is 1.21. The van der Waals surface area contributed by atoms with Gasteiger partial charge in [0.05, 0.1) is 11.5 Å². The summed E-state index contributed by atoms with van der Waals surface area (Å²) in [6, 6.07) is 0. The Bertz CT molecular complexity index is 250. The molecule has 0 aliphatic heterocycles. The van der Waals surface area contributed by atoms with Crippen LogP contribution in [0.5, 0.6) is 0 Å². The van der Waals surface area contributed by atoms with Crippen LogP contribution in [-0.4, -0.2) is 34.7 Å². The van der Waals surface area contributed by atoms with Crippen LogP contribution in [0, 0.1) is 5.41 Å². The van der Waals surface area contributed by atoms with Crippen LogP contribution >= 0.6 is 0 Å². The SMILES string of the molecule is CCCC(O)CNC(=O)CC(C)(C)C(=O)O. The fraction of sp³-hybridized carbons (Fsp3) is 0.818. The molecular weight excluding hydrogens is 210 g/mol. The molecule has 1 amide bonds. The molecule has 0 aromatic heterocycles. The highest BCUT2D eigenvalue weighted by atomic mass is 16.4. The van der Waals surface area contributed by atoms with Crippen LogP contribution in [0.1, 0.15) is 40.0 Å². The van der Waals surface area contributed by atoms with Crippen LogP contribution in [0.4, 0.5) is 0 Å². The predicted octanol–water partition coefficient (Wildman–Crippen LogP) is 0.764. The van der Waals surface area contributed by atoms with Gasteiger partial charge in [-0.25, -0.2) is 0 Å². The molecule has 0 bridgehead atoms. The van der Waals surface area contributed by atoms with Crippen LogP contribution in [-0.2, 0) is 9.59 Å². The number of amides is 1. The lowest BCUT2D eigenvalue weighted by Gasteiger charge is -2.19. The third kappa shape index (κ3) is 5.70. The summed E-state index contributed by atoms with van der Waals surface area (Å²) in [5, 5.41) is 20.7. The van der Waals surface area contributed by atoms with E-state index in [-0.39, 0.29) is 18.9 Å². The van der Waals surface area contributed by atoms with Crippen LogP contribution in [0.15, 0.2) is 0 Å². The molecule has 1 unspecified atom stereocenters. The van der Waals surface area contributed by atoms with E-state index in [9.17, 15) is 14.7 Å². The van der Waals surface area contributed by atoms with Crippen LogP contribution in [0.2, 0.25) is 0 Å². The lowest BCUT2D eigenvalue weighted by molar-refractivity contribution is -0.149. The molecule has 0 heterocycles. The van der Waals surface area contributed by atoms with E-state index in [1.807, 2.05) is 6.92 Å². The zero-order valence-corrected chi connectivity index (χ0v) is 10.1. The number of nitrogens with one attached hydrogen (secondary N) is 1. The second-order valence-electron chi connectivity index (χ2n) is 4.61. The highest BCUT2D eigenvalue weighted by Crippen LogP contribution is 2.19. The van der Waals surface area contributed by atoms with Crippen molar-refractivity contribution in [2.24, 2.45) is 5.41 Å². The second-order valence-corrected chi connectivity index (χ2v) is 4.61. The van der Waals surface area contributed by atoms with E-state index >= 15 is 0 Å². The van der Waals surface area contributed by atoms with Crippen LogP contribution < -0.4 is 5.32 Å². The van der Waals surface area contributed by atoms with Crippen molar-refractivity contribution < 1.29 is 19.8 Å². The second kappa shape index (κ2) is 6.48. The minimum Gasteiger partial charge on any atom is -0.481 e. The van der Waals surface area contributed by atoms with E-state index < -0.39 is 17.5 Å². The largest absolute Gasteiger partial charge is 0.481 e. The van der Waals surface area contributed by atoms with Crippen molar-refractivity contribution in [1.29, 1.82) is 0 Å². The van der Waals surface area contributed by atoms with Crippen molar-refractivity contribution in [1.82, 2.24) is 5.32 Å². The molecule has 0 aliphatic carbocycles. The number of aliphatic carboxylic acids is 1. The normalized spacial score (nSPS) is 13.2. The van der Waals surface area contributed by atoms with E-state index in [1.54, 1.807) is 0 Å². The van der Waals surface area contributed by atoms with Crippen molar-refractivity contribution in [3.63, 3.8) is 0 Å². The van der Waals surface area contributed by atoms with Crippen molar-refractivity contribution >= 4 is 11.9 Å². The number of carbonyl (C=O) groups excluding carboxylic acids is 1. The molecule has 16 heavy (non-hydrogen) atoms. The maximum atomic E-state index is 11.4. The molecular formula is C11H21NO4. The number of hydrogen-bond donors (Lipinski definition) is 3. The number of carboxylic acids is 1. The van der Waals surface area contributed by atoms with Crippen molar-refractivity contribution in [3.8, 4) is 0 Å². The molecule has 0 aromatic rings. The first-order chi connectivity index (χ1) is 7.29. The molecule has 0 saturated carbocycles. The van der Waals surface area contributed by atoms with Gasteiger partial charge in [-0.2, -0.15) is 0 Å². The maximum Gasteiger partial charge on any atom is 0.309 e. The number of aliphatic hydroxyl groups excluding tert-OH is 1. The molecule has 3 N–H and O–H groups in total. The lowest BCUT2D eigenvalue weighted by atomic mass is 9.89. The molecule has 94 valence electrons. The van der Waals surface area contributed by atoms with Gasteiger partial charge in [-0.15, -0.1) is 0 Å². The highest BCUT2D eigenvalue weighted by Gasteiger charge is 2.30. The Hall–Kier alpha value is -1.10. The molecule has 0 saturated heterocycles. The lowest BCUT2D eigenvalue weighted by Crippen LogP contribution is -2.37. The summed E-state index contributed by atoms with van der Waals surface area (Å²) in [6.07, 6.45) is 0.837. The van der Waals surface area contributed by atoms with Crippen LogP contribution in [0.25, 0.3) is 0 Å². The van der Waals surface area contributed by atoms with Gasteiger partial charge >= 0.3 is 5.97 Å². The fourth-order valence-electron chi connectivity index (χ4n) is 1.21. The molecule has 0 spiro atoms. The maximum absolute atomic E-state index is 11.4. The topological polar surface area (TPSA) is 86.6 Å². The minimum absolute atomic E-state index is 0.0822. The Morgan fingerprint density at radius 2 is 1.94 bits per heavy atom. The molecule has 0 radical (unpaired) electrons. The number of hydrogen-bond acceptors (Lipinski definition) is 3. The van der Waals surface area contributed by atoms with Crippen molar-refractivity contribution in [2.75, 3.05) is 6.54 Å². The third-order valence-electron chi connectivity index (χ3n) is 2.34. The smallest absolute Gasteiger partial charge is 0.309 e. The number of aliphatic hydroxyl groups is 1. The summed E-state index contributed by atoms with van der Waals surface area (Å²) >= 11 is 0. The predicted molar refractivity (Wildman–Crippen MR) is 60.0 cm³/mol. The Balaban J connectivity index is 3.96. The van der Waals surface area contributed by atoms with E-state index in [2.05, 4.69) is 5.32 Å². The Kier molecular flexibility index (Phi) is 6.03. The Morgan fingerprint density at radius 3 is 2.38 bits per heavy atom. The molecule has 0 fully saturated rings. The molecule has 5 heteroatoms. The summed E-state index contributed by atoms with van der Waals surface area (Å²) in [4.78, 5) is 22.2. The average molecular weight is 231 g/mol. The number of carboxylic acid groups (broad SMARTS) is 1. The standard InChI is InChI=1S/C11H21NO4/c1-4-5-8(13)7-12-9(14)6-11(2,3)10(15)16/h8,13H,4-7H2,1-3H3,(H,12,14)(H,15,16). The molecule has 1 atom stereocenters. The first kappa shape index (κ1) is 14.9. The summed E-state index contributed by atoms with van der Waals surface area (Å²) in [5.41, 5.74) is -1.07. The minimum atomic E-state index is -1.07. The van der Waals surface area contributed by atoms with E-state index in [4.69, 9.17) is 5.11 Å². The molecule has 0 aromatic carbocycles. The summed E-state index contributed by atoms with van der Waals surface area (Å²) in [7, 11) is 0. The van der Waals surface area contributed by atoms with E-state index in [0.717, 1.165) is 6.42 Å².